The minimum Gasteiger partial charge on any atom is -0.373 e. The van der Waals surface area contributed by atoms with Crippen molar-refractivity contribution in [1.82, 2.24) is 0 Å². The minimum atomic E-state index is 0.478. The first-order valence-corrected chi connectivity index (χ1v) is 4.55. The second-order valence-electron chi connectivity index (χ2n) is 3.45. The van der Waals surface area contributed by atoms with Crippen molar-refractivity contribution in [2.75, 3.05) is 25.5 Å². The second kappa shape index (κ2) is 3.21. The number of anilines is 1. The number of hydrogen-bond donors (Lipinski definition) is 0. The Morgan fingerprint density at radius 1 is 1.46 bits per heavy atom. The van der Waals surface area contributed by atoms with Gasteiger partial charge in [0.2, 0.25) is 0 Å². The first-order chi connectivity index (χ1) is 6.33. The van der Waals surface area contributed by atoms with Gasteiger partial charge in [-0.25, -0.2) is 0 Å². The van der Waals surface area contributed by atoms with Crippen LogP contribution in [0.1, 0.15) is 11.5 Å². The number of hydrogen-bond acceptors (Lipinski definition) is 2. The van der Waals surface area contributed by atoms with E-state index in [1.54, 1.807) is 0 Å². The molecular weight excluding hydrogens is 160 g/mol. The fourth-order valence-electron chi connectivity index (χ4n) is 1.95. The molecule has 0 saturated heterocycles. The van der Waals surface area contributed by atoms with Crippen LogP contribution in [0.15, 0.2) is 29.3 Å². The Bertz CT molecular complexity index is 331. The quantitative estimate of drug-likeness (QED) is 0.594. The standard InChI is InChI=1S/C11H14N2/c1-12-7-9-8-13(2)11-6-4-3-5-10(9)11/h3-7,9H,8H2,1-2H3/b12-7+. The monoisotopic (exact) mass is 174 g/mol. The lowest BCUT2D eigenvalue weighted by atomic mass is 10.0. The van der Waals surface area contributed by atoms with E-state index in [-0.39, 0.29) is 0 Å². The van der Waals surface area contributed by atoms with Gasteiger partial charge in [-0.2, -0.15) is 0 Å². The molecule has 1 aliphatic heterocycles. The molecule has 0 N–H and O–H groups in total. The summed E-state index contributed by atoms with van der Waals surface area (Å²) in [4.78, 5) is 6.38. The molecule has 68 valence electrons. The van der Waals surface area contributed by atoms with Crippen LogP contribution >= 0.6 is 0 Å². The lowest BCUT2D eigenvalue weighted by Crippen LogP contribution is -2.15. The van der Waals surface area contributed by atoms with Gasteiger partial charge in [0.15, 0.2) is 0 Å². The summed E-state index contributed by atoms with van der Waals surface area (Å²) in [6.45, 7) is 1.05. The molecule has 0 radical (unpaired) electrons. The molecule has 1 aromatic carbocycles. The number of rotatable bonds is 1. The van der Waals surface area contributed by atoms with Crippen LogP contribution in [0.25, 0.3) is 0 Å². The van der Waals surface area contributed by atoms with E-state index in [9.17, 15) is 0 Å². The Hall–Kier alpha value is -1.31. The van der Waals surface area contributed by atoms with Crippen molar-refractivity contribution >= 4 is 11.9 Å². The zero-order chi connectivity index (χ0) is 9.26. The number of aliphatic imine (C=N–C) groups is 1. The van der Waals surface area contributed by atoms with E-state index in [0.29, 0.717) is 5.92 Å². The molecular formula is C11H14N2. The maximum absolute atomic E-state index is 4.10. The Kier molecular flexibility index (Phi) is 2.05. The number of benzene rings is 1. The van der Waals surface area contributed by atoms with Gasteiger partial charge in [0.25, 0.3) is 0 Å². The maximum atomic E-state index is 4.10. The van der Waals surface area contributed by atoms with Crippen LogP contribution in [0.5, 0.6) is 0 Å². The van der Waals surface area contributed by atoms with Gasteiger partial charge in [0, 0.05) is 38.5 Å². The highest BCUT2D eigenvalue weighted by Crippen LogP contribution is 2.33. The molecule has 1 aliphatic rings. The van der Waals surface area contributed by atoms with Crippen molar-refractivity contribution in [2.24, 2.45) is 4.99 Å². The SMILES string of the molecule is C/N=C/C1CN(C)c2ccccc21. The Labute approximate surface area is 78.9 Å². The van der Waals surface area contributed by atoms with Crippen LogP contribution in [0.4, 0.5) is 5.69 Å². The van der Waals surface area contributed by atoms with Crippen LogP contribution in [0.2, 0.25) is 0 Å². The van der Waals surface area contributed by atoms with Crippen molar-refractivity contribution in [3.63, 3.8) is 0 Å². The molecule has 1 aromatic rings. The summed E-state index contributed by atoms with van der Waals surface area (Å²) in [5, 5.41) is 0. The van der Waals surface area contributed by atoms with Gasteiger partial charge < -0.3 is 9.89 Å². The van der Waals surface area contributed by atoms with Crippen LogP contribution in [-0.2, 0) is 0 Å². The van der Waals surface area contributed by atoms with Crippen molar-refractivity contribution in [1.29, 1.82) is 0 Å². The first kappa shape index (κ1) is 8.30. The second-order valence-corrected chi connectivity index (χ2v) is 3.45. The summed E-state index contributed by atoms with van der Waals surface area (Å²) in [6.07, 6.45) is 2.03. The molecule has 1 heterocycles. The molecule has 1 unspecified atom stereocenters. The number of fused-ring (bicyclic) bond motifs is 1. The van der Waals surface area contributed by atoms with Crippen LogP contribution in [-0.4, -0.2) is 26.9 Å². The highest BCUT2D eigenvalue weighted by Gasteiger charge is 2.23. The van der Waals surface area contributed by atoms with Gasteiger partial charge in [-0.3, -0.25) is 0 Å². The van der Waals surface area contributed by atoms with Gasteiger partial charge in [0.05, 0.1) is 0 Å². The molecule has 0 aliphatic carbocycles. The Morgan fingerprint density at radius 2 is 2.23 bits per heavy atom. The summed E-state index contributed by atoms with van der Waals surface area (Å²) in [5.74, 6) is 0.478. The predicted octanol–water partition coefficient (Wildman–Crippen LogP) is 1.92. The smallest absolute Gasteiger partial charge is 0.0403 e. The third-order valence-corrected chi connectivity index (χ3v) is 2.55. The van der Waals surface area contributed by atoms with Crippen LogP contribution < -0.4 is 4.90 Å². The van der Waals surface area contributed by atoms with E-state index >= 15 is 0 Å². The van der Waals surface area contributed by atoms with E-state index in [1.165, 1.54) is 11.3 Å². The zero-order valence-electron chi connectivity index (χ0n) is 8.07. The number of para-hydroxylation sites is 1. The lowest BCUT2D eigenvalue weighted by Gasteiger charge is -2.10. The lowest BCUT2D eigenvalue weighted by molar-refractivity contribution is 0.908. The molecule has 0 amide bonds. The molecule has 0 saturated carbocycles. The third kappa shape index (κ3) is 1.32. The van der Waals surface area contributed by atoms with E-state index in [1.807, 2.05) is 13.3 Å². The van der Waals surface area contributed by atoms with Crippen molar-refractivity contribution in [3.8, 4) is 0 Å². The fourth-order valence-corrected chi connectivity index (χ4v) is 1.95. The highest BCUT2D eigenvalue weighted by atomic mass is 15.1. The van der Waals surface area contributed by atoms with E-state index < -0.39 is 0 Å². The highest BCUT2D eigenvalue weighted by molar-refractivity contribution is 5.77. The zero-order valence-corrected chi connectivity index (χ0v) is 8.07. The molecule has 0 aromatic heterocycles. The van der Waals surface area contributed by atoms with Crippen molar-refractivity contribution < 1.29 is 0 Å². The van der Waals surface area contributed by atoms with Crippen molar-refractivity contribution in [3.05, 3.63) is 29.8 Å². The Balaban J connectivity index is 2.41. The summed E-state index contributed by atoms with van der Waals surface area (Å²) in [6, 6.07) is 8.53. The molecule has 2 nitrogen and oxygen atoms in total. The molecule has 2 rings (SSSR count). The third-order valence-electron chi connectivity index (χ3n) is 2.55. The number of nitrogens with zero attached hydrogens (tertiary/aromatic N) is 2. The van der Waals surface area contributed by atoms with E-state index in [2.05, 4.69) is 41.2 Å². The normalized spacial score (nSPS) is 21.1. The van der Waals surface area contributed by atoms with Gasteiger partial charge in [0.1, 0.15) is 0 Å². The largest absolute Gasteiger partial charge is 0.373 e. The summed E-state index contributed by atoms with van der Waals surface area (Å²) < 4.78 is 0. The molecule has 2 heteroatoms. The molecule has 1 atom stereocenters. The average Bonchev–Trinajstić information content (AvgIpc) is 2.46. The van der Waals surface area contributed by atoms with E-state index in [0.717, 1.165) is 6.54 Å². The molecule has 0 bridgehead atoms. The van der Waals surface area contributed by atoms with Gasteiger partial charge in [-0.05, 0) is 11.6 Å². The summed E-state index contributed by atoms with van der Waals surface area (Å²) in [7, 11) is 3.96. The molecule has 13 heavy (non-hydrogen) atoms. The minimum absolute atomic E-state index is 0.478. The van der Waals surface area contributed by atoms with Crippen molar-refractivity contribution in [2.45, 2.75) is 5.92 Å². The molecule has 0 fully saturated rings. The number of likely N-dealkylation sites (N-methyl/N-ethyl adjacent to an activating group) is 1. The van der Waals surface area contributed by atoms with E-state index in [4.69, 9.17) is 0 Å². The average molecular weight is 174 g/mol. The van der Waals surface area contributed by atoms with Crippen LogP contribution in [0.3, 0.4) is 0 Å². The summed E-state index contributed by atoms with van der Waals surface area (Å²) >= 11 is 0. The van der Waals surface area contributed by atoms with Gasteiger partial charge >= 0.3 is 0 Å². The first-order valence-electron chi connectivity index (χ1n) is 4.55. The molecule has 0 spiro atoms. The van der Waals surface area contributed by atoms with Crippen LogP contribution in [0, 0.1) is 0 Å². The fraction of sp³-hybridized carbons (Fsp3) is 0.364. The maximum Gasteiger partial charge on any atom is 0.0403 e. The summed E-state index contributed by atoms with van der Waals surface area (Å²) in [5.41, 5.74) is 2.74. The Morgan fingerprint density at radius 3 is 3.00 bits per heavy atom. The van der Waals surface area contributed by atoms with Gasteiger partial charge in [-0.1, -0.05) is 18.2 Å². The topological polar surface area (TPSA) is 15.6 Å². The van der Waals surface area contributed by atoms with Gasteiger partial charge in [-0.15, -0.1) is 0 Å². The predicted molar refractivity (Wildman–Crippen MR) is 56.9 cm³/mol.